The van der Waals surface area contributed by atoms with Crippen LogP contribution in [0.4, 0.5) is 4.79 Å². The van der Waals surface area contributed by atoms with Crippen molar-refractivity contribution in [1.82, 2.24) is 41.0 Å². The van der Waals surface area contributed by atoms with E-state index in [0.29, 0.717) is 25.3 Å². The van der Waals surface area contributed by atoms with Crippen LogP contribution in [0.5, 0.6) is 0 Å². The summed E-state index contributed by atoms with van der Waals surface area (Å²) in [6.07, 6.45) is 3.27. The number of aromatic nitrogens is 4. The fraction of sp³-hybridized carbons (Fsp3) is 0.786. The molecule has 2 N–H and O–H groups in total. The lowest BCUT2D eigenvalue weighted by Crippen LogP contribution is -2.50. The summed E-state index contributed by atoms with van der Waals surface area (Å²) < 4.78 is 27.7. The fourth-order valence-corrected chi connectivity index (χ4v) is 4.36. The van der Waals surface area contributed by atoms with Crippen LogP contribution in [0, 0.1) is 5.92 Å². The molecular formula is C14H21N8O6S-. The number of urea groups is 1. The summed E-state index contributed by atoms with van der Waals surface area (Å²) >= 11 is -2.84. The molecule has 2 bridgehead atoms. The molecule has 5 atom stereocenters. The third kappa shape index (κ3) is 4.53. The molecule has 160 valence electrons. The Morgan fingerprint density at radius 1 is 1.45 bits per heavy atom. The number of nitrogens with one attached hydrogen (secondary N) is 2. The second-order valence-electron chi connectivity index (χ2n) is 7.30. The number of carbonyl (C=O) groups excluding carboxylic acids is 2. The van der Waals surface area contributed by atoms with Gasteiger partial charge in [-0.05, 0) is 35.6 Å². The van der Waals surface area contributed by atoms with Crippen LogP contribution in [-0.4, -0.2) is 88.7 Å². The van der Waals surface area contributed by atoms with Crippen molar-refractivity contribution in [1.29, 1.82) is 0 Å². The van der Waals surface area contributed by atoms with Crippen molar-refractivity contribution in [3.63, 3.8) is 0 Å². The lowest BCUT2D eigenvalue weighted by molar-refractivity contribution is -0.139. The maximum atomic E-state index is 12.5. The van der Waals surface area contributed by atoms with E-state index in [1.807, 2.05) is 0 Å². The van der Waals surface area contributed by atoms with Gasteiger partial charge in [0.25, 0.3) is 5.91 Å². The number of piperidine rings is 1. The summed E-state index contributed by atoms with van der Waals surface area (Å²) in [5.74, 6) is -0.0806. The minimum Gasteiger partial charge on any atom is -0.748 e. The fourth-order valence-electron chi connectivity index (χ4n) is 4.05. The lowest BCUT2D eigenvalue weighted by atomic mass is 10.0. The first-order valence-corrected chi connectivity index (χ1v) is 10.2. The van der Waals surface area contributed by atoms with Crippen LogP contribution in [0.25, 0.3) is 0 Å². The van der Waals surface area contributed by atoms with Crippen LogP contribution in [0.2, 0.25) is 0 Å². The molecule has 15 heteroatoms. The molecule has 4 heterocycles. The maximum absolute atomic E-state index is 12.5. The van der Waals surface area contributed by atoms with E-state index in [2.05, 4.69) is 30.6 Å². The van der Waals surface area contributed by atoms with Gasteiger partial charge in [-0.15, -0.1) is 5.10 Å². The van der Waals surface area contributed by atoms with Crippen molar-refractivity contribution >= 4 is 23.3 Å². The minimum absolute atomic E-state index is 0.0804. The van der Waals surface area contributed by atoms with Gasteiger partial charge in [0, 0.05) is 25.7 Å². The van der Waals surface area contributed by atoms with Gasteiger partial charge in [0.1, 0.15) is 23.7 Å². The molecule has 4 rings (SSSR count). The van der Waals surface area contributed by atoms with Crippen molar-refractivity contribution in [3.05, 3.63) is 6.33 Å². The molecule has 3 fully saturated rings. The molecule has 1 aromatic rings. The summed E-state index contributed by atoms with van der Waals surface area (Å²) in [5.41, 5.74) is 2.41. The normalized spacial score (nSPS) is 30.0. The zero-order valence-electron chi connectivity index (χ0n) is 15.4. The zero-order chi connectivity index (χ0) is 20.4. The van der Waals surface area contributed by atoms with Crippen molar-refractivity contribution in [2.24, 2.45) is 5.92 Å². The highest BCUT2D eigenvalue weighted by Crippen LogP contribution is 2.30. The molecule has 3 amide bonds. The molecule has 0 aliphatic carbocycles. The summed E-state index contributed by atoms with van der Waals surface area (Å²) in [4.78, 5) is 31.4. The molecular weight excluding hydrogens is 408 g/mol. The highest BCUT2D eigenvalue weighted by atomic mass is 32.2. The van der Waals surface area contributed by atoms with Crippen molar-refractivity contribution < 1.29 is 27.5 Å². The van der Waals surface area contributed by atoms with Gasteiger partial charge in [-0.1, -0.05) is 0 Å². The number of rotatable bonds is 8. The maximum Gasteiger partial charge on any atom is 0.346 e. The first-order chi connectivity index (χ1) is 14.0. The summed E-state index contributed by atoms with van der Waals surface area (Å²) in [6.45, 7) is 2.02. The standard InChI is InChI=1S/C14H22N8O6S/c23-13(12-2-1-11-6-21(12)14(24)22(11)28-29(25)26)17-27-7-10-3-9(4-15-10)5-20-8-16-18-19-20/h8-12,15H,1-7H2,(H,17,23)(H,25,26)/p-1/t9-,10-,11?,12?/m1/s1. The Bertz CT molecular complexity index is 765. The quantitative estimate of drug-likeness (QED) is 0.338. The molecule has 29 heavy (non-hydrogen) atoms. The smallest absolute Gasteiger partial charge is 0.346 e. The number of fused-ring (bicyclic) bond motifs is 2. The predicted molar refractivity (Wildman–Crippen MR) is 92.6 cm³/mol. The number of hydrogen-bond donors (Lipinski definition) is 2. The van der Waals surface area contributed by atoms with E-state index in [4.69, 9.17) is 4.84 Å². The third-order valence-corrected chi connectivity index (χ3v) is 5.66. The number of hydrogen-bond acceptors (Lipinski definition) is 10. The van der Waals surface area contributed by atoms with Crippen LogP contribution < -0.4 is 10.8 Å². The van der Waals surface area contributed by atoms with Gasteiger partial charge in [0.2, 0.25) is 0 Å². The van der Waals surface area contributed by atoms with E-state index in [9.17, 15) is 18.4 Å². The number of amides is 3. The average Bonchev–Trinajstić information content (AvgIpc) is 3.41. The molecule has 0 saturated carbocycles. The van der Waals surface area contributed by atoms with E-state index in [0.717, 1.165) is 18.0 Å². The lowest BCUT2D eigenvalue weighted by Gasteiger charge is -2.29. The summed E-state index contributed by atoms with van der Waals surface area (Å²) in [5, 5.41) is 15.2. The van der Waals surface area contributed by atoms with Gasteiger partial charge in [0.05, 0.1) is 12.6 Å². The second-order valence-corrected chi connectivity index (χ2v) is 7.86. The van der Waals surface area contributed by atoms with Crippen LogP contribution in [-0.2, 0) is 31.8 Å². The van der Waals surface area contributed by atoms with E-state index in [1.54, 1.807) is 11.0 Å². The Kier molecular flexibility index (Phi) is 6.00. The van der Waals surface area contributed by atoms with E-state index in [-0.39, 0.29) is 25.2 Å². The van der Waals surface area contributed by atoms with Crippen LogP contribution >= 0.6 is 0 Å². The highest BCUT2D eigenvalue weighted by molar-refractivity contribution is 7.74. The Hall–Kier alpha value is -2.20. The zero-order valence-corrected chi connectivity index (χ0v) is 16.2. The molecule has 3 saturated heterocycles. The largest absolute Gasteiger partial charge is 0.748 e. The minimum atomic E-state index is -2.84. The van der Waals surface area contributed by atoms with Gasteiger partial charge >= 0.3 is 6.03 Å². The topological polar surface area (TPSA) is 167 Å². The molecule has 3 unspecified atom stereocenters. The number of carbonyl (C=O) groups is 2. The van der Waals surface area contributed by atoms with E-state index < -0.39 is 29.3 Å². The van der Waals surface area contributed by atoms with E-state index in [1.165, 1.54) is 4.90 Å². The molecule has 0 radical (unpaired) electrons. The predicted octanol–water partition coefficient (Wildman–Crippen LogP) is -2.31. The molecule has 3 aliphatic heterocycles. The van der Waals surface area contributed by atoms with Crippen molar-refractivity contribution in [2.75, 3.05) is 19.7 Å². The molecule has 0 aromatic carbocycles. The molecule has 1 aromatic heterocycles. The number of nitrogens with zero attached hydrogens (tertiary/aromatic N) is 6. The third-order valence-electron chi connectivity index (χ3n) is 5.37. The Balaban J connectivity index is 1.20. The van der Waals surface area contributed by atoms with Gasteiger partial charge in [0.15, 0.2) is 0 Å². The van der Waals surface area contributed by atoms with Crippen molar-refractivity contribution in [3.8, 4) is 0 Å². The van der Waals surface area contributed by atoms with Gasteiger partial charge in [-0.2, -0.15) is 9.35 Å². The second kappa shape index (κ2) is 8.66. The van der Waals surface area contributed by atoms with E-state index >= 15 is 0 Å². The van der Waals surface area contributed by atoms with Gasteiger partial charge in [-0.25, -0.2) is 19.2 Å². The highest BCUT2D eigenvalue weighted by Gasteiger charge is 2.48. The number of hydroxylamine groups is 3. The van der Waals surface area contributed by atoms with Gasteiger partial charge in [-0.3, -0.25) is 9.63 Å². The van der Waals surface area contributed by atoms with Crippen LogP contribution in [0.1, 0.15) is 19.3 Å². The van der Waals surface area contributed by atoms with Gasteiger partial charge < -0.3 is 14.8 Å². The average molecular weight is 429 g/mol. The molecule has 0 spiro atoms. The van der Waals surface area contributed by atoms with Crippen molar-refractivity contribution in [2.45, 2.75) is 43.9 Å². The SMILES string of the molecule is O=C(NOC[C@H]1C[C@@H](Cn2cnnn2)CN1)C1CCC2CN1C(=O)N2OS(=O)[O-]. The summed E-state index contributed by atoms with van der Waals surface area (Å²) in [6, 6.07) is -1.67. The molecule has 14 nitrogen and oxygen atoms in total. The Morgan fingerprint density at radius 2 is 2.31 bits per heavy atom. The summed E-state index contributed by atoms with van der Waals surface area (Å²) in [7, 11) is 0. The first-order valence-electron chi connectivity index (χ1n) is 9.24. The Morgan fingerprint density at radius 3 is 3.07 bits per heavy atom. The number of tetrazole rings is 1. The van der Waals surface area contributed by atoms with Crippen LogP contribution in [0.3, 0.4) is 0 Å². The first kappa shape index (κ1) is 20.1. The van der Waals surface area contributed by atoms with Crippen LogP contribution in [0.15, 0.2) is 6.33 Å². The Labute approximate surface area is 168 Å². The molecule has 3 aliphatic rings. The monoisotopic (exact) mass is 429 g/mol.